The number of aliphatic hydroxyl groups is 1. The maximum Gasteiger partial charge on any atom is 0.472 e. The van der Waals surface area contributed by atoms with E-state index in [1.807, 2.05) is 0 Å². The van der Waals surface area contributed by atoms with E-state index >= 15 is 0 Å². The highest BCUT2D eigenvalue weighted by molar-refractivity contribution is 7.47. The lowest BCUT2D eigenvalue weighted by atomic mass is 10.00. The van der Waals surface area contributed by atoms with Gasteiger partial charge in [-0.2, -0.15) is 0 Å². The summed E-state index contributed by atoms with van der Waals surface area (Å²) in [6.07, 6.45) is 43.1. The number of carbonyl (C=O) groups excluding carboxylic acids is 4. The Morgan fingerprint density at radius 3 is 0.789 bits per heavy atom. The van der Waals surface area contributed by atoms with E-state index < -0.39 is 97.5 Å². The van der Waals surface area contributed by atoms with Crippen molar-refractivity contribution in [2.24, 2.45) is 23.7 Å². The largest absolute Gasteiger partial charge is 0.472 e. The number of hydrogen-bond acceptors (Lipinski definition) is 15. The Bertz CT molecular complexity index is 1790. The van der Waals surface area contributed by atoms with Gasteiger partial charge in [-0.25, -0.2) is 9.13 Å². The fourth-order valence-electron chi connectivity index (χ4n) is 10.6. The Kier molecular flexibility index (Phi) is 59.4. The minimum atomic E-state index is -4.95. The van der Waals surface area contributed by atoms with Crippen molar-refractivity contribution in [1.82, 2.24) is 0 Å². The molecule has 19 heteroatoms. The van der Waals surface area contributed by atoms with E-state index in [1.54, 1.807) is 0 Å². The quantitative estimate of drug-likeness (QED) is 0.0222. The van der Waals surface area contributed by atoms with E-state index in [1.165, 1.54) is 141 Å². The van der Waals surface area contributed by atoms with Crippen molar-refractivity contribution in [3.8, 4) is 0 Å². The first kappa shape index (κ1) is 88.1. The maximum absolute atomic E-state index is 13.0. The number of ether oxygens (including phenoxy) is 4. The minimum absolute atomic E-state index is 0.104. The van der Waals surface area contributed by atoms with Crippen molar-refractivity contribution >= 4 is 39.5 Å². The van der Waals surface area contributed by atoms with Crippen molar-refractivity contribution in [3.05, 3.63) is 0 Å². The molecule has 0 aromatic carbocycles. The zero-order valence-electron chi connectivity index (χ0n) is 58.8. The number of aliphatic hydroxyl groups excluding tert-OH is 1. The molecule has 0 aliphatic heterocycles. The van der Waals surface area contributed by atoms with Gasteiger partial charge in [-0.05, 0) is 49.4 Å². The highest BCUT2D eigenvalue weighted by atomic mass is 31.2. The van der Waals surface area contributed by atoms with E-state index in [0.29, 0.717) is 25.7 Å². The molecule has 0 radical (unpaired) electrons. The average molecular weight is 1330 g/mol. The molecule has 0 rings (SSSR count). The van der Waals surface area contributed by atoms with Crippen LogP contribution in [-0.4, -0.2) is 96.7 Å². The molecular weight excluding hydrogens is 1190 g/mol. The highest BCUT2D eigenvalue weighted by Crippen LogP contribution is 2.45. The fraction of sp³-hybridized carbons (Fsp3) is 0.944. The SMILES string of the molecule is CCC(C)CCCCCCCCC(=O)OC[C@H](COP(=O)(O)OC[C@@H](O)COP(=O)(O)OC[C@@H](COC(=O)CCCCCCCCC(C)CC)OC(=O)CCCCCCCCCCCCC(C)C)OC(=O)CCCCCCCCCCCCCCCCC(C)C. The van der Waals surface area contributed by atoms with Gasteiger partial charge in [0.1, 0.15) is 19.3 Å². The Morgan fingerprint density at radius 1 is 0.311 bits per heavy atom. The first-order valence-electron chi connectivity index (χ1n) is 36.8. The van der Waals surface area contributed by atoms with Gasteiger partial charge in [-0.1, -0.05) is 299 Å². The van der Waals surface area contributed by atoms with Gasteiger partial charge in [0, 0.05) is 25.7 Å². The number of rotatable bonds is 68. The normalized spacial score (nSPS) is 14.9. The number of phosphoric ester groups is 2. The molecule has 0 bridgehead atoms. The Hall–Kier alpha value is -1.94. The van der Waals surface area contributed by atoms with Crippen molar-refractivity contribution in [2.45, 2.75) is 369 Å². The van der Waals surface area contributed by atoms with Crippen LogP contribution in [0.5, 0.6) is 0 Å². The zero-order chi connectivity index (χ0) is 66.8. The summed E-state index contributed by atoms with van der Waals surface area (Å²) in [6, 6.07) is 0. The lowest BCUT2D eigenvalue weighted by molar-refractivity contribution is -0.161. The van der Waals surface area contributed by atoms with E-state index in [4.69, 9.17) is 37.0 Å². The van der Waals surface area contributed by atoms with Gasteiger partial charge in [-0.15, -0.1) is 0 Å². The van der Waals surface area contributed by atoms with Crippen LogP contribution in [0.4, 0.5) is 0 Å². The molecule has 3 N–H and O–H groups in total. The lowest BCUT2D eigenvalue weighted by Gasteiger charge is -2.21. The molecule has 0 aliphatic carbocycles. The average Bonchev–Trinajstić information content (AvgIpc) is 2.48. The molecule has 0 amide bonds. The number of esters is 4. The van der Waals surface area contributed by atoms with Crippen molar-refractivity contribution in [1.29, 1.82) is 0 Å². The third-order valence-electron chi connectivity index (χ3n) is 17.0. The van der Waals surface area contributed by atoms with Crippen LogP contribution in [0.3, 0.4) is 0 Å². The summed E-state index contributed by atoms with van der Waals surface area (Å²) in [6.45, 7) is 14.1. The molecule has 0 saturated heterocycles. The van der Waals surface area contributed by atoms with Crippen LogP contribution >= 0.6 is 15.6 Å². The Morgan fingerprint density at radius 2 is 0.533 bits per heavy atom. The monoisotopic (exact) mass is 1320 g/mol. The minimum Gasteiger partial charge on any atom is -0.462 e. The molecule has 0 fully saturated rings. The number of unbranched alkanes of at least 4 members (excludes halogenated alkanes) is 32. The molecule has 0 spiro atoms. The first-order valence-corrected chi connectivity index (χ1v) is 39.8. The number of hydrogen-bond donors (Lipinski definition) is 3. The zero-order valence-corrected chi connectivity index (χ0v) is 60.6. The smallest absolute Gasteiger partial charge is 0.462 e. The molecule has 0 heterocycles. The third-order valence-corrected chi connectivity index (χ3v) is 18.9. The number of carbonyl (C=O) groups is 4. The van der Waals surface area contributed by atoms with Crippen molar-refractivity contribution < 1.29 is 80.2 Å². The lowest BCUT2D eigenvalue weighted by Crippen LogP contribution is -2.30. The van der Waals surface area contributed by atoms with E-state index in [9.17, 15) is 43.2 Å². The molecule has 17 nitrogen and oxygen atoms in total. The summed E-state index contributed by atoms with van der Waals surface area (Å²) < 4.78 is 68.3. The standard InChI is InChI=1S/C71H138O17P2/c1-9-63(7)49-41-33-27-29-35-43-51-68(73)81-57-66(87-70(75)53-45-37-25-21-16-14-12-11-13-15-19-23-31-39-47-61(3)4)59-85-89(77,78)83-55-65(72)56-84-90(79,80)86-60-67(58-82-69(74)52-44-36-30-28-34-42-50-64(8)10-2)88-71(76)54-46-38-26-22-18-17-20-24-32-40-48-62(5)6/h61-67,72H,9-60H2,1-8H3,(H,77,78)(H,79,80)/t63?,64?,65-,66-,67-/m1/s1. The summed E-state index contributed by atoms with van der Waals surface area (Å²) >= 11 is 0. The first-order chi connectivity index (χ1) is 43.2. The van der Waals surface area contributed by atoms with Crippen LogP contribution in [0, 0.1) is 23.7 Å². The van der Waals surface area contributed by atoms with Gasteiger partial charge in [-0.3, -0.25) is 37.3 Å². The van der Waals surface area contributed by atoms with Crippen molar-refractivity contribution in [2.75, 3.05) is 39.6 Å². The predicted molar refractivity (Wildman–Crippen MR) is 363 cm³/mol. The number of phosphoric acid groups is 2. The van der Waals surface area contributed by atoms with Gasteiger partial charge in [0.25, 0.3) is 0 Å². The molecule has 0 aromatic heterocycles. The predicted octanol–water partition coefficient (Wildman–Crippen LogP) is 20.1. The molecular formula is C71H138O17P2. The highest BCUT2D eigenvalue weighted by Gasteiger charge is 2.30. The van der Waals surface area contributed by atoms with Crippen LogP contribution in [0.2, 0.25) is 0 Å². The third kappa shape index (κ3) is 62.2. The fourth-order valence-corrected chi connectivity index (χ4v) is 12.2. The summed E-state index contributed by atoms with van der Waals surface area (Å²) in [7, 11) is -9.90. The van der Waals surface area contributed by atoms with Gasteiger partial charge < -0.3 is 33.8 Å². The molecule has 4 unspecified atom stereocenters. The Balaban J connectivity index is 5.24. The second kappa shape index (κ2) is 60.7. The van der Waals surface area contributed by atoms with Crippen LogP contribution in [0.1, 0.15) is 351 Å². The second-order valence-electron chi connectivity index (χ2n) is 27.1. The molecule has 90 heavy (non-hydrogen) atoms. The Labute approximate surface area is 549 Å². The molecule has 534 valence electrons. The van der Waals surface area contributed by atoms with Crippen LogP contribution in [0.15, 0.2) is 0 Å². The van der Waals surface area contributed by atoms with E-state index in [-0.39, 0.29) is 25.7 Å². The van der Waals surface area contributed by atoms with E-state index in [2.05, 4.69) is 55.4 Å². The molecule has 0 aliphatic rings. The van der Waals surface area contributed by atoms with Crippen LogP contribution < -0.4 is 0 Å². The van der Waals surface area contributed by atoms with Crippen molar-refractivity contribution in [3.63, 3.8) is 0 Å². The molecule has 7 atom stereocenters. The van der Waals surface area contributed by atoms with Gasteiger partial charge in [0.05, 0.1) is 26.4 Å². The molecule has 0 saturated carbocycles. The van der Waals surface area contributed by atoms with Gasteiger partial charge in [0.15, 0.2) is 12.2 Å². The maximum atomic E-state index is 13.0. The van der Waals surface area contributed by atoms with E-state index in [0.717, 1.165) is 126 Å². The van der Waals surface area contributed by atoms with Gasteiger partial charge in [0.2, 0.25) is 0 Å². The summed E-state index contributed by atoms with van der Waals surface area (Å²) in [5, 5.41) is 10.6. The topological polar surface area (TPSA) is 237 Å². The molecule has 0 aromatic rings. The van der Waals surface area contributed by atoms with Crippen LogP contribution in [0.25, 0.3) is 0 Å². The van der Waals surface area contributed by atoms with Crippen LogP contribution in [-0.2, 0) is 65.4 Å². The summed E-state index contributed by atoms with van der Waals surface area (Å²) in [5.74, 6) is 0.879. The van der Waals surface area contributed by atoms with Gasteiger partial charge >= 0.3 is 39.5 Å². The summed E-state index contributed by atoms with van der Waals surface area (Å²) in [4.78, 5) is 72.6. The summed E-state index contributed by atoms with van der Waals surface area (Å²) in [5.41, 5.74) is 0. The second-order valence-corrected chi connectivity index (χ2v) is 30.0.